The second kappa shape index (κ2) is 15.5. The molecule has 0 aliphatic heterocycles. The second-order valence-corrected chi connectivity index (χ2v) is 22.0. The van der Waals surface area contributed by atoms with Gasteiger partial charge in [0.25, 0.3) is 0 Å². The minimum Gasteiger partial charge on any atom is -0.309 e. The zero-order valence-electron chi connectivity index (χ0n) is 35.1. The van der Waals surface area contributed by atoms with E-state index in [1.807, 2.05) is 146 Å². The van der Waals surface area contributed by atoms with Crippen molar-refractivity contribution in [1.29, 1.82) is 0 Å². The van der Waals surface area contributed by atoms with Crippen LogP contribution in [0.15, 0.2) is 237 Å². The molecule has 0 aliphatic carbocycles. The Balaban J connectivity index is 0.977. The summed E-state index contributed by atoms with van der Waals surface area (Å²) in [7, 11) is -6.26. The zero-order chi connectivity index (χ0) is 43.5. The first kappa shape index (κ1) is 39.0. The first-order valence-corrected chi connectivity index (χ1v) is 25.1. The van der Waals surface area contributed by atoms with Gasteiger partial charge in [0.1, 0.15) is 5.65 Å². The van der Waals surface area contributed by atoms with Crippen LogP contribution in [0, 0.1) is 0 Å². The molecule has 5 nitrogen and oxygen atoms in total. The third-order valence-electron chi connectivity index (χ3n) is 12.8. The molecule has 0 aliphatic rings. The van der Waals surface area contributed by atoms with Crippen molar-refractivity contribution in [3.05, 3.63) is 237 Å². The van der Waals surface area contributed by atoms with Gasteiger partial charge in [-0.15, -0.1) is 0 Å². The fraction of sp³-hybridized carbons (Fsp3) is 0. The number of pyridine rings is 2. The van der Waals surface area contributed by atoms with Crippen molar-refractivity contribution in [1.82, 2.24) is 14.4 Å². The minimum atomic E-state index is -3.15. The van der Waals surface area contributed by atoms with E-state index in [-0.39, 0.29) is 0 Å². The first-order valence-electron chi connectivity index (χ1n) is 21.7. The predicted molar refractivity (Wildman–Crippen MR) is 273 cm³/mol. The molecule has 0 atom stereocenters. The van der Waals surface area contributed by atoms with Crippen molar-refractivity contribution in [2.45, 2.75) is 0 Å². The molecule has 3 aromatic heterocycles. The molecule has 65 heavy (non-hydrogen) atoms. The van der Waals surface area contributed by atoms with E-state index in [9.17, 15) is 0 Å². The summed E-state index contributed by atoms with van der Waals surface area (Å²) in [5.74, 6) is 0. The number of fused-ring (bicyclic) bond motifs is 10. The van der Waals surface area contributed by atoms with Crippen molar-refractivity contribution in [2.24, 2.45) is 0 Å². The second-order valence-electron chi connectivity index (χ2n) is 16.4. The number of nitrogens with zero attached hydrogens (tertiary/aromatic N) is 3. The Labute approximate surface area is 376 Å². The van der Waals surface area contributed by atoms with Crippen LogP contribution < -0.4 is 31.8 Å². The summed E-state index contributed by atoms with van der Waals surface area (Å²) in [5.41, 5.74) is 7.74. The van der Waals surface area contributed by atoms with Crippen LogP contribution in [0.5, 0.6) is 0 Å². The monoisotopic (exact) mass is 871 g/mol. The lowest BCUT2D eigenvalue weighted by atomic mass is 9.98. The number of benzene rings is 9. The fourth-order valence-electron chi connectivity index (χ4n) is 9.56. The average molecular weight is 872 g/mol. The van der Waals surface area contributed by atoms with Crippen LogP contribution in [-0.2, 0) is 9.13 Å². The largest absolute Gasteiger partial charge is 0.309 e. The number of hydrogen-bond acceptors (Lipinski definition) is 4. The van der Waals surface area contributed by atoms with Crippen LogP contribution >= 0.6 is 14.3 Å². The summed E-state index contributed by atoms with van der Waals surface area (Å²) in [4.78, 5) is 10.2. The van der Waals surface area contributed by atoms with Gasteiger partial charge in [0.15, 0.2) is 14.3 Å². The van der Waals surface area contributed by atoms with Gasteiger partial charge in [-0.25, -0.2) is 4.98 Å². The summed E-state index contributed by atoms with van der Waals surface area (Å²) >= 11 is 0. The SMILES string of the molecule is O=P(c1ccccc1)(c1ccccc1)c1ccc(-c2ccc3nc4c5ccccc5c5ccc6cc(-c7ccc(P(=O)(c8ccccc8)c8ccccc8)cn7)ccc6c5n4c3c2)cc1. The molecular weight excluding hydrogens is 833 g/mol. The normalized spacial score (nSPS) is 12.1. The summed E-state index contributed by atoms with van der Waals surface area (Å²) in [6.45, 7) is 0. The number of hydrogen-bond donors (Lipinski definition) is 0. The zero-order valence-corrected chi connectivity index (χ0v) is 36.9. The maximum Gasteiger partial charge on any atom is 0.172 e. The average Bonchev–Trinajstić information content (AvgIpc) is 3.78. The number of imidazole rings is 1. The lowest BCUT2D eigenvalue weighted by Gasteiger charge is -2.20. The molecule has 0 bridgehead atoms. The Morgan fingerprint density at radius 2 is 0.862 bits per heavy atom. The minimum absolute atomic E-state index is 0.696. The van der Waals surface area contributed by atoms with Gasteiger partial charge >= 0.3 is 0 Å². The van der Waals surface area contributed by atoms with Gasteiger partial charge in [0, 0.05) is 59.7 Å². The molecule has 0 spiro atoms. The van der Waals surface area contributed by atoms with E-state index in [0.717, 1.165) is 98.0 Å². The van der Waals surface area contributed by atoms with E-state index in [2.05, 4.69) is 89.3 Å². The molecule has 0 N–H and O–H groups in total. The maximum absolute atomic E-state index is 15.1. The van der Waals surface area contributed by atoms with Gasteiger partial charge in [-0.3, -0.25) is 9.38 Å². The Kier molecular flexibility index (Phi) is 9.31. The Bertz CT molecular complexity index is 3770. The van der Waals surface area contributed by atoms with Gasteiger partial charge in [-0.05, 0) is 52.2 Å². The lowest BCUT2D eigenvalue weighted by molar-refractivity contribution is 0.591. The van der Waals surface area contributed by atoms with Gasteiger partial charge < -0.3 is 9.13 Å². The third kappa shape index (κ3) is 6.31. The van der Waals surface area contributed by atoms with Gasteiger partial charge in [-0.2, -0.15) is 0 Å². The molecule has 7 heteroatoms. The molecule has 0 saturated carbocycles. The Morgan fingerprint density at radius 1 is 0.369 bits per heavy atom. The fourth-order valence-corrected chi connectivity index (χ4v) is 14.8. The highest BCUT2D eigenvalue weighted by Gasteiger charge is 2.31. The number of aromatic nitrogens is 3. The van der Waals surface area contributed by atoms with Gasteiger partial charge in [-0.1, -0.05) is 200 Å². The van der Waals surface area contributed by atoms with E-state index in [4.69, 9.17) is 9.97 Å². The summed E-state index contributed by atoms with van der Waals surface area (Å²) < 4.78 is 32.5. The van der Waals surface area contributed by atoms with Crippen LogP contribution in [-0.4, -0.2) is 14.4 Å². The van der Waals surface area contributed by atoms with E-state index in [1.165, 1.54) is 0 Å². The highest BCUT2D eigenvalue weighted by molar-refractivity contribution is 7.85. The highest BCUT2D eigenvalue weighted by Crippen LogP contribution is 2.44. The van der Waals surface area contributed by atoms with Crippen molar-refractivity contribution < 1.29 is 9.13 Å². The standard InChI is InChI=1S/C58H39N3O2P2/c62-64(44-15-5-1-6-16-44,45-17-7-2-8-18-45)48-30-25-40(26-31-48)41-29-35-55-56(38-41)61-57-50-33-28-43(37-42(50)27-34-52(57)51-23-13-14-24-53(51)58(61)60-55)54-36-32-49(39-59-54)65(63,46-19-9-3-10-20-46)47-21-11-4-12-22-47/h1-39H. The molecule has 0 fully saturated rings. The molecule has 0 saturated heterocycles. The van der Waals surface area contributed by atoms with Crippen LogP contribution in [0.4, 0.5) is 0 Å². The topological polar surface area (TPSA) is 64.3 Å². The molecule has 308 valence electrons. The summed E-state index contributed by atoms with van der Waals surface area (Å²) in [6, 6.07) is 77.1. The van der Waals surface area contributed by atoms with E-state index in [1.54, 1.807) is 6.20 Å². The van der Waals surface area contributed by atoms with Gasteiger partial charge in [0.05, 0.1) is 22.2 Å². The van der Waals surface area contributed by atoms with Crippen molar-refractivity contribution in [3.8, 4) is 22.4 Å². The molecule has 12 rings (SSSR count). The first-order chi connectivity index (χ1) is 32.0. The van der Waals surface area contributed by atoms with E-state index >= 15 is 9.13 Å². The molecule has 9 aromatic carbocycles. The molecule has 0 unspecified atom stereocenters. The Hall–Kier alpha value is -7.68. The predicted octanol–water partition coefficient (Wildman–Crippen LogP) is 12.0. The van der Waals surface area contributed by atoms with Crippen LogP contribution in [0.2, 0.25) is 0 Å². The van der Waals surface area contributed by atoms with Crippen molar-refractivity contribution in [2.75, 3.05) is 0 Å². The van der Waals surface area contributed by atoms with Crippen molar-refractivity contribution >= 4 is 95.2 Å². The van der Waals surface area contributed by atoms with E-state index < -0.39 is 14.3 Å². The molecule has 12 aromatic rings. The van der Waals surface area contributed by atoms with Gasteiger partial charge in [0.2, 0.25) is 0 Å². The molecule has 0 amide bonds. The van der Waals surface area contributed by atoms with Crippen LogP contribution in [0.1, 0.15) is 0 Å². The van der Waals surface area contributed by atoms with E-state index in [0.29, 0.717) is 5.30 Å². The highest BCUT2D eigenvalue weighted by atomic mass is 31.2. The molecule has 3 heterocycles. The quantitative estimate of drug-likeness (QED) is 0.113. The molecule has 0 radical (unpaired) electrons. The lowest BCUT2D eigenvalue weighted by Crippen LogP contribution is -2.25. The summed E-state index contributed by atoms with van der Waals surface area (Å²) in [6.07, 6.45) is 1.78. The third-order valence-corrected chi connectivity index (χ3v) is 18.9. The maximum atomic E-state index is 15.1. The van der Waals surface area contributed by atoms with Crippen LogP contribution in [0.25, 0.3) is 71.5 Å². The Morgan fingerprint density at radius 3 is 1.45 bits per heavy atom. The van der Waals surface area contributed by atoms with Crippen molar-refractivity contribution in [3.63, 3.8) is 0 Å². The molecular formula is C58H39N3O2P2. The van der Waals surface area contributed by atoms with Crippen LogP contribution in [0.3, 0.4) is 0 Å². The summed E-state index contributed by atoms with van der Waals surface area (Å²) in [5, 5.41) is 10.2. The number of rotatable bonds is 8. The smallest absolute Gasteiger partial charge is 0.172 e.